The van der Waals surface area contributed by atoms with Gasteiger partial charge < -0.3 is 4.74 Å². The van der Waals surface area contributed by atoms with Crippen molar-refractivity contribution in [3.8, 4) is 0 Å². The van der Waals surface area contributed by atoms with Crippen LogP contribution in [0.3, 0.4) is 0 Å². The molecule has 1 aromatic rings. The third kappa shape index (κ3) is 2.64. The number of methoxy groups -OCH3 is 1. The SMILES string of the molecule is COC(=O)C1CCN1CCc1ccccc1F. The minimum atomic E-state index is -0.190. The summed E-state index contributed by atoms with van der Waals surface area (Å²) in [5, 5.41) is 0. The van der Waals surface area contributed by atoms with Crippen LogP contribution in [-0.4, -0.2) is 37.1 Å². The summed E-state index contributed by atoms with van der Waals surface area (Å²) in [5.74, 6) is -0.368. The van der Waals surface area contributed by atoms with E-state index in [2.05, 4.69) is 0 Å². The number of carbonyl (C=O) groups is 1. The predicted molar refractivity (Wildman–Crippen MR) is 62.1 cm³/mol. The third-order valence-electron chi connectivity index (χ3n) is 3.23. The van der Waals surface area contributed by atoms with E-state index in [-0.39, 0.29) is 17.8 Å². The lowest BCUT2D eigenvalue weighted by molar-refractivity contribution is -0.151. The molecule has 0 N–H and O–H groups in total. The monoisotopic (exact) mass is 237 g/mol. The lowest BCUT2D eigenvalue weighted by Crippen LogP contribution is -2.53. The maximum atomic E-state index is 13.4. The van der Waals surface area contributed by atoms with E-state index in [0.717, 1.165) is 13.0 Å². The highest BCUT2D eigenvalue weighted by Gasteiger charge is 2.34. The fourth-order valence-electron chi connectivity index (χ4n) is 2.08. The van der Waals surface area contributed by atoms with E-state index in [1.54, 1.807) is 12.1 Å². The topological polar surface area (TPSA) is 29.5 Å². The molecule has 0 bridgehead atoms. The molecule has 92 valence electrons. The number of carbonyl (C=O) groups excluding carboxylic acids is 1. The molecule has 1 unspecified atom stereocenters. The molecule has 4 heteroatoms. The van der Waals surface area contributed by atoms with Crippen molar-refractivity contribution in [3.05, 3.63) is 35.6 Å². The van der Waals surface area contributed by atoms with Gasteiger partial charge in [0, 0.05) is 13.1 Å². The first-order valence-corrected chi connectivity index (χ1v) is 5.77. The van der Waals surface area contributed by atoms with Gasteiger partial charge in [-0.25, -0.2) is 4.39 Å². The highest BCUT2D eigenvalue weighted by molar-refractivity contribution is 5.76. The lowest BCUT2D eigenvalue weighted by Gasteiger charge is -2.38. The van der Waals surface area contributed by atoms with Crippen molar-refractivity contribution in [2.75, 3.05) is 20.2 Å². The average molecular weight is 237 g/mol. The maximum absolute atomic E-state index is 13.4. The quantitative estimate of drug-likeness (QED) is 0.745. The van der Waals surface area contributed by atoms with Crippen molar-refractivity contribution < 1.29 is 13.9 Å². The highest BCUT2D eigenvalue weighted by Crippen LogP contribution is 2.19. The molecular formula is C13H16FNO2. The fourth-order valence-corrected chi connectivity index (χ4v) is 2.08. The molecule has 1 aliphatic rings. The predicted octanol–water partition coefficient (Wildman–Crippen LogP) is 1.62. The molecule has 0 radical (unpaired) electrons. The van der Waals surface area contributed by atoms with Crippen LogP contribution in [0.2, 0.25) is 0 Å². The van der Waals surface area contributed by atoms with Crippen molar-refractivity contribution in [3.63, 3.8) is 0 Å². The smallest absolute Gasteiger partial charge is 0.323 e. The molecule has 3 nitrogen and oxygen atoms in total. The van der Waals surface area contributed by atoms with Crippen LogP contribution in [0.1, 0.15) is 12.0 Å². The second kappa shape index (κ2) is 5.27. The summed E-state index contributed by atoms with van der Waals surface area (Å²) in [5.41, 5.74) is 0.697. The van der Waals surface area contributed by atoms with E-state index in [4.69, 9.17) is 4.74 Å². The summed E-state index contributed by atoms with van der Waals surface area (Å²) in [7, 11) is 1.40. The van der Waals surface area contributed by atoms with Crippen molar-refractivity contribution >= 4 is 5.97 Å². The summed E-state index contributed by atoms with van der Waals surface area (Å²) in [4.78, 5) is 13.4. The lowest BCUT2D eigenvalue weighted by atomic mass is 10.0. The molecule has 1 atom stereocenters. The molecule has 1 aromatic carbocycles. The molecule has 1 saturated heterocycles. The minimum absolute atomic E-state index is 0.133. The fraction of sp³-hybridized carbons (Fsp3) is 0.462. The van der Waals surface area contributed by atoms with Crippen LogP contribution < -0.4 is 0 Å². The second-order valence-corrected chi connectivity index (χ2v) is 4.21. The second-order valence-electron chi connectivity index (χ2n) is 4.21. The number of ether oxygens (including phenoxy) is 1. The number of benzene rings is 1. The molecule has 1 heterocycles. The van der Waals surface area contributed by atoms with Gasteiger partial charge in [0.1, 0.15) is 11.9 Å². The van der Waals surface area contributed by atoms with Gasteiger partial charge in [0.25, 0.3) is 0 Å². The van der Waals surface area contributed by atoms with Crippen molar-refractivity contribution in [2.24, 2.45) is 0 Å². The Labute approximate surface area is 100 Å². The summed E-state index contributed by atoms with van der Waals surface area (Å²) in [6.07, 6.45) is 1.46. The third-order valence-corrected chi connectivity index (χ3v) is 3.23. The normalized spacial score (nSPS) is 19.8. The summed E-state index contributed by atoms with van der Waals surface area (Å²) in [6.45, 7) is 1.58. The molecule has 0 aliphatic carbocycles. The zero-order valence-corrected chi connectivity index (χ0v) is 9.86. The number of rotatable bonds is 4. The molecule has 0 aromatic heterocycles. The van der Waals surface area contributed by atoms with Crippen molar-refractivity contribution in [2.45, 2.75) is 18.9 Å². The molecule has 0 spiro atoms. The van der Waals surface area contributed by atoms with Gasteiger partial charge in [-0.2, -0.15) is 0 Å². The van der Waals surface area contributed by atoms with Crippen LogP contribution >= 0.6 is 0 Å². The molecule has 1 aliphatic heterocycles. The number of likely N-dealkylation sites (tertiary alicyclic amines) is 1. The summed E-state index contributed by atoms with van der Waals surface area (Å²) in [6, 6.07) is 6.61. The van der Waals surface area contributed by atoms with Crippen molar-refractivity contribution in [1.82, 2.24) is 4.90 Å². The zero-order valence-electron chi connectivity index (χ0n) is 9.86. The Morgan fingerprint density at radius 1 is 1.53 bits per heavy atom. The number of hydrogen-bond donors (Lipinski definition) is 0. The zero-order chi connectivity index (χ0) is 12.3. The number of halogens is 1. The summed E-state index contributed by atoms with van der Waals surface area (Å²) < 4.78 is 18.1. The van der Waals surface area contributed by atoms with Gasteiger partial charge in [0.05, 0.1) is 7.11 Å². The van der Waals surface area contributed by atoms with Crippen LogP contribution in [0.15, 0.2) is 24.3 Å². The van der Waals surface area contributed by atoms with Gasteiger partial charge in [0.2, 0.25) is 0 Å². The standard InChI is InChI=1S/C13H16FNO2/c1-17-13(16)12-7-9-15(12)8-6-10-4-2-3-5-11(10)14/h2-5,12H,6-9H2,1H3. The van der Waals surface area contributed by atoms with Gasteiger partial charge in [-0.15, -0.1) is 0 Å². The van der Waals surface area contributed by atoms with Crippen molar-refractivity contribution in [1.29, 1.82) is 0 Å². The van der Waals surface area contributed by atoms with Crippen LogP contribution in [0.25, 0.3) is 0 Å². The van der Waals surface area contributed by atoms with Gasteiger partial charge in [0.15, 0.2) is 0 Å². The molecular weight excluding hydrogens is 221 g/mol. The van der Waals surface area contributed by atoms with Gasteiger partial charge in [-0.05, 0) is 24.5 Å². The largest absolute Gasteiger partial charge is 0.468 e. The first-order chi connectivity index (χ1) is 8.22. The van der Waals surface area contributed by atoms with E-state index in [1.165, 1.54) is 13.2 Å². The summed E-state index contributed by atoms with van der Waals surface area (Å²) >= 11 is 0. The van der Waals surface area contributed by atoms with E-state index in [1.807, 2.05) is 11.0 Å². The van der Waals surface area contributed by atoms with E-state index in [0.29, 0.717) is 18.5 Å². The molecule has 17 heavy (non-hydrogen) atoms. The highest BCUT2D eigenvalue weighted by atomic mass is 19.1. The Kier molecular flexibility index (Phi) is 3.74. The Morgan fingerprint density at radius 2 is 2.29 bits per heavy atom. The van der Waals surface area contributed by atoms with E-state index >= 15 is 0 Å². The van der Waals surface area contributed by atoms with Crippen LogP contribution in [-0.2, 0) is 16.0 Å². The van der Waals surface area contributed by atoms with Gasteiger partial charge in [-0.3, -0.25) is 9.69 Å². The Balaban J connectivity index is 1.87. The first kappa shape index (κ1) is 12.0. The molecule has 2 rings (SSSR count). The van der Waals surface area contributed by atoms with Crippen LogP contribution in [0.5, 0.6) is 0 Å². The molecule has 1 fully saturated rings. The maximum Gasteiger partial charge on any atom is 0.323 e. The van der Waals surface area contributed by atoms with Crippen LogP contribution in [0.4, 0.5) is 4.39 Å². The molecule has 0 saturated carbocycles. The van der Waals surface area contributed by atoms with Gasteiger partial charge in [-0.1, -0.05) is 18.2 Å². The minimum Gasteiger partial charge on any atom is -0.468 e. The van der Waals surface area contributed by atoms with E-state index in [9.17, 15) is 9.18 Å². The molecule has 0 amide bonds. The first-order valence-electron chi connectivity index (χ1n) is 5.77. The average Bonchev–Trinajstić information content (AvgIpc) is 2.30. The Bertz CT molecular complexity index is 408. The Hall–Kier alpha value is -1.42. The van der Waals surface area contributed by atoms with Gasteiger partial charge >= 0.3 is 5.97 Å². The van der Waals surface area contributed by atoms with E-state index < -0.39 is 0 Å². The van der Waals surface area contributed by atoms with Crippen LogP contribution in [0, 0.1) is 5.82 Å². The number of esters is 1. The number of hydrogen-bond acceptors (Lipinski definition) is 3. The number of nitrogens with zero attached hydrogens (tertiary/aromatic N) is 1. The Morgan fingerprint density at radius 3 is 2.88 bits per heavy atom.